The molecule has 28 heavy (non-hydrogen) atoms. The molecule has 4 rings (SSSR count). The summed E-state index contributed by atoms with van der Waals surface area (Å²) >= 11 is 0. The van der Waals surface area contributed by atoms with Crippen LogP contribution in [0.25, 0.3) is 10.9 Å². The van der Waals surface area contributed by atoms with Crippen LogP contribution in [0.1, 0.15) is 21.0 Å². The van der Waals surface area contributed by atoms with Crippen LogP contribution < -0.4 is 0 Å². The molecule has 1 aliphatic rings. The fourth-order valence-corrected chi connectivity index (χ4v) is 3.82. The van der Waals surface area contributed by atoms with Crippen molar-refractivity contribution in [3.05, 3.63) is 53.9 Å². The number of hydrogen-bond donors (Lipinski definition) is 1. The van der Waals surface area contributed by atoms with Gasteiger partial charge in [0.05, 0.1) is 0 Å². The van der Waals surface area contributed by atoms with E-state index in [9.17, 15) is 18.0 Å². The number of carbonyl (C=O) groups excluding carboxylic acids is 2. The van der Waals surface area contributed by atoms with Gasteiger partial charge in [0.1, 0.15) is 5.69 Å². The SMILES string of the molecule is CS(=O)(=O)c1ccc(C(=O)N2CCN(C(=O)c3cc4ccccc4[nH]3)CC2)o1. The molecule has 0 spiro atoms. The number of aromatic amines is 1. The minimum Gasteiger partial charge on any atom is -0.440 e. The molecule has 9 heteroatoms. The molecular formula is C19H19N3O5S. The van der Waals surface area contributed by atoms with E-state index < -0.39 is 9.84 Å². The average Bonchev–Trinajstić information content (AvgIpc) is 3.34. The van der Waals surface area contributed by atoms with E-state index >= 15 is 0 Å². The molecule has 0 radical (unpaired) electrons. The van der Waals surface area contributed by atoms with Gasteiger partial charge in [-0.1, -0.05) is 18.2 Å². The van der Waals surface area contributed by atoms with Crippen molar-refractivity contribution in [1.82, 2.24) is 14.8 Å². The van der Waals surface area contributed by atoms with Gasteiger partial charge in [-0.25, -0.2) is 8.42 Å². The number of hydrogen-bond acceptors (Lipinski definition) is 5. The van der Waals surface area contributed by atoms with Gasteiger partial charge in [0, 0.05) is 43.3 Å². The lowest BCUT2D eigenvalue weighted by Gasteiger charge is -2.34. The number of rotatable bonds is 3. The van der Waals surface area contributed by atoms with E-state index in [4.69, 9.17) is 4.42 Å². The summed E-state index contributed by atoms with van der Waals surface area (Å²) in [6.45, 7) is 1.47. The second-order valence-corrected chi connectivity index (χ2v) is 8.69. The Balaban J connectivity index is 1.42. The summed E-state index contributed by atoms with van der Waals surface area (Å²) in [5, 5.41) is 0.739. The predicted molar refractivity (Wildman–Crippen MR) is 102 cm³/mol. The molecule has 0 unspecified atom stereocenters. The molecule has 0 saturated carbocycles. The number of para-hydroxylation sites is 1. The number of aromatic nitrogens is 1. The second-order valence-electron chi connectivity index (χ2n) is 6.75. The van der Waals surface area contributed by atoms with E-state index in [-0.39, 0.29) is 22.7 Å². The number of benzene rings is 1. The molecule has 1 N–H and O–H groups in total. The van der Waals surface area contributed by atoms with Crippen molar-refractivity contribution >= 4 is 32.6 Å². The van der Waals surface area contributed by atoms with Crippen LogP contribution in [0.4, 0.5) is 0 Å². The third-order valence-corrected chi connectivity index (χ3v) is 5.72. The van der Waals surface area contributed by atoms with E-state index in [0.29, 0.717) is 31.9 Å². The zero-order valence-corrected chi connectivity index (χ0v) is 16.0. The largest absolute Gasteiger partial charge is 0.440 e. The van der Waals surface area contributed by atoms with E-state index in [1.807, 2.05) is 30.3 Å². The van der Waals surface area contributed by atoms with Crippen molar-refractivity contribution < 1.29 is 22.4 Å². The molecule has 1 saturated heterocycles. The molecule has 1 aliphatic heterocycles. The third kappa shape index (κ3) is 3.40. The lowest BCUT2D eigenvalue weighted by atomic mass is 10.2. The number of nitrogens with zero attached hydrogens (tertiary/aromatic N) is 2. The molecular weight excluding hydrogens is 382 g/mol. The monoisotopic (exact) mass is 401 g/mol. The highest BCUT2D eigenvalue weighted by atomic mass is 32.2. The Morgan fingerprint density at radius 1 is 0.964 bits per heavy atom. The summed E-state index contributed by atoms with van der Waals surface area (Å²) in [4.78, 5) is 31.6. The molecule has 1 aromatic carbocycles. The number of H-pyrrole nitrogens is 1. The molecule has 3 heterocycles. The molecule has 0 bridgehead atoms. The van der Waals surface area contributed by atoms with Crippen molar-refractivity contribution in [3.8, 4) is 0 Å². The highest BCUT2D eigenvalue weighted by Crippen LogP contribution is 2.19. The number of amides is 2. The standard InChI is InChI=1S/C19H19N3O5S/c1-28(25,26)17-7-6-16(27-17)19(24)22-10-8-21(9-11-22)18(23)15-12-13-4-2-3-5-14(13)20-15/h2-7,12,20H,8-11H2,1H3. The highest BCUT2D eigenvalue weighted by molar-refractivity contribution is 7.90. The maximum atomic E-state index is 12.7. The van der Waals surface area contributed by atoms with Gasteiger partial charge in [-0.3, -0.25) is 9.59 Å². The van der Waals surface area contributed by atoms with Gasteiger partial charge >= 0.3 is 0 Å². The minimum atomic E-state index is -3.50. The number of fused-ring (bicyclic) bond motifs is 1. The van der Waals surface area contributed by atoms with Crippen LogP contribution in [-0.4, -0.2) is 67.5 Å². The topological polar surface area (TPSA) is 104 Å². The first-order chi connectivity index (χ1) is 13.3. The summed E-state index contributed by atoms with van der Waals surface area (Å²) in [6.07, 6.45) is 1.02. The second kappa shape index (κ2) is 6.83. The number of furan rings is 1. The summed E-state index contributed by atoms with van der Waals surface area (Å²) in [6, 6.07) is 12.1. The summed E-state index contributed by atoms with van der Waals surface area (Å²) < 4.78 is 28.2. The Labute approximate surface area is 161 Å². The van der Waals surface area contributed by atoms with Gasteiger partial charge in [0.2, 0.25) is 14.9 Å². The van der Waals surface area contributed by atoms with Crippen LogP contribution in [0.3, 0.4) is 0 Å². The number of sulfone groups is 1. The van der Waals surface area contributed by atoms with E-state index in [0.717, 1.165) is 17.2 Å². The highest BCUT2D eigenvalue weighted by Gasteiger charge is 2.28. The Bertz CT molecular complexity index is 1120. The molecule has 1 fully saturated rings. The maximum Gasteiger partial charge on any atom is 0.289 e. The summed E-state index contributed by atoms with van der Waals surface area (Å²) in [5.74, 6) is -0.510. The Hall–Kier alpha value is -3.07. The van der Waals surface area contributed by atoms with E-state index in [1.165, 1.54) is 12.1 Å². The van der Waals surface area contributed by atoms with Crippen molar-refractivity contribution in [2.45, 2.75) is 5.09 Å². The van der Waals surface area contributed by atoms with Crippen LogP contribution in [0.2, 0.25) is 0 Å². The normalized spacial score (nSPS) is 15.2. The molecule has 2 amide bonds. The predicted octanol–water partition coefficient (Wildman–Crippen LogP) is 1.76. The molecule has 2 aromatic heterocycles. The molecule has 0 aliphatic carbocycles. The molecule has 3 aromatic rings. The van der Waals surface area contributed by atoms with E-state index in [2.05, 4.69) is 4.98 Å². The van der Waals surface area contributed by atoms with Gasteiger partial charge in [0.25, 0.3) is 11.8 Å². The summed E-state index contributed by atoms with van der Waals surface area (Å²) in [5.41, 5.74) is 1.42. The van der Waals surface area contributed by atoms with Crippen molar-refractivity contribution in [3.63, 3.8) is 0 Å². The van der Waals surface area contributed by atoms with Crippen LogP contribution >= 0.6 is 0 Å². The van der Waals surface area contributed by atoms with Gasteiger partial charge < -0.3 is 19.2 Å². The van der Waals surface area contributed by atoms with Gasteiger partial charge in [-0.15, -0.1) is 0 Å². The van der Waals surface area contributed by atoms with Crippen molar-refractivity contribution in [2.75, 3.05) is 32.4 Å². The maximum absolute atomic E-state index is 12.7. The van der Waals surface area contributed by atoms with Crippen molar-refractivity contribution in [2.24, 2.45) is 0 Å². The molecule has 146 valence electrons. The smallest absolute Gasteiger partial charge is 0.289 e. The Morgan fingerprint density at radius 3 is 2.21 bits per heavy atom. The summed E-state index contributed by atoms with van der Waals surface area (Å²) in [7, 11) is -3.50. The quantitative estimate of drug-likeness (QED) is 0.720. The Morgan fingerprint density at radius 2 is 1.61 bits per heavy atom. The number of nitrogens with one attached hydrogen (secondary N) is 1. The van der Waals surface area contributed by atoms with Gasteiger partial charge in [0.15, 0.2) is 5.76 Å². The van der Waals surface area contributed by atoms with Gasteiger partial charge in [-0.2, -0.15) is 0 Å². The number of piperazine rings is 1. The molecule has 0 atom stereocenters. The third-order valence-electron chi connectivity index (χ3n) is 4.77. The average molecular weight is 401 g/mol. The zero-order chi connectivity index (χ0) is 19.9. The van der Waals surface area contributed by atoms with Crippen LogP contribution in [0, 0.1) is 0 Å². The first kappa shape index (κ1) is 18.3. The van der Waals surface area contributed by atoms with Crippen LogP contribution in [0.15, 0.2) is 52.0 Å². The minimum absolute atomic E-state index is 0.0178. The number of carbonyl (C=O) groups is 2. The lowest BCUT2D eigenvalue weighted by molar-refractivity contribution is 0.0512. The molecule has 8 nitrogen and oxygen atoms in total. The van der Waals surface area contributed by atoms with Crippen molar-refractivity contribution in [1.29, 1.82) is 0 Å². The fraction of sp³-hybridized carbons (Fsp3) is 0.263. The fourth-order valence-electron chi connectivity index (χ4n) is 3.26. The van der Waals surface area contributed by atoms with E-state index in [1.54, 1.807) is 9.80 Å². The van der Waals surface area contributed by atoms with Crippen LogP contribution in [-0.2, 0) is 9.84 Å². The lowest BCUT2D eigenvalue weighted by Crippen LogP contribution is -2.50. The first-order valence-corrected chi connectivity index (χ1v) is 10.7. The first-order valence-electron chi connectivity index (χ1n) is 8.79. The van der Waals surface area contributed by atoms with Crippen LogP contribution in [0.5, 0.6) is 0 Å². The Kier molecular flexibility index (Phi) is 4.46. The van der Waals surface area contributed by atoms with Gasteiger partial charge in [-0.05, 0) is 24.3 Å². The zero-order valence-electron chi connectivity index (χ0n) is 15.2.